The Morgan fingerprint density at radius 1 is 0.355 bits per heavy atom. The zero-order valence-corrected chi connectivity index (χ0v) is 21.6. The molecule has 0 amide bonds. The second-order valence-electron chi connectivity index (χ2n) is 7.74. The van der Waals surface area contributed by atoms with Crippen molar-refractivity contribution in [3.05, 3.63) is 0 Å². The largest absolute Gasteiger partial charge is 0.379 e. The summed E-state index contributed by atoms with van der Waals surface area (Å²) in [5.41, 5.74) is 0. The van der Waals surface area contributed by atoms with Crippen LogP contribution >= 0.6 is 8.60 Å². The lowest BCUT2D eigenvalue weighted by molar-refractivity contribution is 0.0510. The SMILES string of the molecule is CCCCCCOCCOP(OCCOCCCCCC)OCCOCCCCCC. The molecule has 0 aliphatic rings. The number of rotatable bonds is 27. The van der Waals surface area contributed by atoms with E-state index in [1.807, 2.05) is 0 Å². The summed E-state index contributed by atoms with van der Waals surface area (Å²) in [6.07, 6.45) is 14.6. The summed E-state index contributed by atoms with van der Waals surface area (Å²) >= 11 is 0. The van der Waals surface area contributed by atoms with Crippen LogP contribution in [0.15, 0.2) is 0 Å². The smallest absolute Gasteiger partial charge is 0.332 e. The number of hydrogen-bond donors (Lipinski definition) is 0. The van der Waals surface area contributed by atoms with E-state index in [-0.39, 0.29) is 0 Å². The lowest BCUT2D eigenvalue weighted by Crippen LogP contribution is -2.10. The van der Waals surface area contributed by atoms with Crippen LogP contribution in [0.25, 0.3) is 0 Å². The highest BCUT2D eigenvalue weighted by Gasteiger charge is 2.12. The molecule has 0 unspecified atom stereocenters. The Labute approximate surface area is 194 Å². The Morgan fingerprint density at radius 2 is 0.677 bits per heavy atom. The van der Waals surface area contributed by atoms with Gasteiger partial charge in [-0.1, -0.05) is 78.6 Å². The van der Waals surface area contributed by atoms with Gasteiger partial charge in [-0.05, 0) is 19.3 Å². The summed E-state index contributed by atoms with van der Waals surface area (Å²) in [5, 5.41) is 0. The van der Waals surface area contributed by atoms with E-state index < -0.39 is 8.60 Å². The topological polar surface area (TPSA) is 55.4 Å². The van der Waals surface area contributed by atoms with Gasteiger partial charge in [-0.2, -0.15) is 0 Å². The van der Waals surface area contributed by atoms with Crippen molar-refractivity contribution < 1.29 is 27.8 Å². The molecule has 0 aliphatic carbocycles. The molecule has 0 saturated heterocycles. The van der Waals surface area contributed by atoms with Crippen LogP contribution in [0.5, 0.6) is 0 Å². The van der Waals surface area contributed by atoms with E-state index in [1.54, 1.807) is 0 Å². The molecule has 0 radical (unpaired) electrons. The standard InChI is InChI=1S/C24H51O6P/c1-4-7-10-13-16-25-19-22-28-31(29-23-20-26-17-14-11-8-5-2)30-24-21-27-18-15-12-9-6-3/h4-24H2,1-3H3. The fraction of sp³-hybridized carbons (Fsp3) is 1.00. The number of ether oxygens (including phenoxy) is 3. The van der Waals surface area contributed by atoms with Crippen LogP contribution in [0.2, 0.25) is 0 Å². The van der Waals surface area contributed by atoms with E-state index >= 15 is 0 Å². The van der Waals surface area contributed by atoms with Gasteiger partial charge < -0.3 is 27.8 Å². The average molecular weight is 467 g/mol. The third kappa shape index (κ3) is 26.3. The molecule has 0 fully saturated rings. The highest BCUT2D eigenvalue weighted by Crippen LogP contribution is 2.39. The van der Waals surface area contributed by atoms with Crippen LogP contribution in [0, 0.1) is 0 Å². The highest BCUT2D eigenvalue weighted by molar-refractivity contribution is 7.41. The van der Waals surface area contributed by atoms with E-state index in [9.17, 15) is 0 Å². The molecule has 0 aliphatic heterocycles. The molecule has 6 nitrogen and oxygen atoms in total. The molecule has 0 bridgehead atoms. The van der Waals surface area contributed by atoms with Gasteiger partial charge in [-0.15, -0.1) is 0 Å². The van der Waals surface area contributed by atoms with Gasteiger partial charge in [0, 0.05) is 19.8 Å². The molecule has 0 atom stereocenters. The summed E-state index contributed by atoms with van der Waals surface area (Å²) in [7, 11) is -1.39. The molecule has 0 aromatic carbocycles. The van der Waals surface area contributed by atoms with Crippen molar-refractivity contribution in [2.24, 2.45) is 0 Å². The minimum Gasteiger partial charge on any atom is -0.379 e. The first-order chi connectivity index (χ1) is 15.3. The van der Waals surface area contributed by atoms with E-state index in [1.165, 1.54) is 57.8 Å². The van der Waals surface area contributed by atoms with Crippen molar-refractivity contribution >= 4 is 8.60 Å². The van der Waals surface area contributed by atoms with Crippen LogP contribution in [-0.2, 0) is 27.8 Å². The van der Waals surface area contributed by atoms with Crippen molar-refractivity contribution in [3.8, 4) is 0 Å². The Hall–Kier alpha value is 0.190. The second kappa shape index (κ2) is 28.2. The number of unbranched alkanes of at least 4 members (excludes halogenated alkanes) is 9. The van der Waals surface area contributed by atoms with Gasteiger partial charge in [-0.3, -0.25) is 0 Å². The Kier molecular flexibility index (Phi) is 28.4. The van der Waals surface area contributed by atoms with Gasteiger partial charge >= 0.3 is 8.60 Å². The molecule has 0 rings (SSSR count). The molecule has 0 aromatic heterocycles. The van der Waals surface area contributed by atoms with Crippen molar-refractivity contribution in [2.75, 3.05) is 59.5 Å². The summed E-state index contributed by atoms with van der Waals surface area (Å²) in [5.74, 6) is 0. The first-order valence-corrected chi connectivity index (χ1v) is 13.9. The third-order valence-corrected chi connectivity index (χ3v) is 5.88. The molecule has 0 aromatic rings. The zero-order chi connectivity index (χ0) is 22.7. The van der Waals surface area contributed by atoms with E-state index in [2.05, 4.69) is 20.8 Å². The quantitative estimate of drug-likeness (QED) is 0.0954. The molecule has 0 spiro atoms. The molecule has 0 heterocycles. The van der Waals surface area contributed by atoms with E-state index in [4.69, 9.17) is 27.8 Å². The Balaban J connectivity index is 3.82. The van der Waals surface area contributed by atoms with Crippen molar-refractivity contribution in [1.29, 1.82) is 0 Å². The monoisotopic (exact) mass is 466 g/mol. The lowest BCUT2D eigenvalue weighted by Gasteiger charge is -2.17. The van der Waals surface area contributed by atoms with Crippen molar-refractivity contribution in [2.45, 2.75) is 97.8 Å². The molecule has 0 N–H and O–H groups in total. The van der Waals surface area contributed by atoms with Crippen LogP contribution in [0.3, 0.4) is 0 Å². The second-order valence-corrected chi connectivity index (χ2v) is 8.96. The Bertz CT molecular complexity index is 275. The molecule has 188 valence electrons. The first-order valence-electron chi connectivity index (χ1n) is 12.8. The van der Waals surface area contributed by atoms with Gasteiger partial charge in [0.1, 0.15) is 0 Å². The van der Waals surface area contributed by atoms with Gasteiger partial charge in [0.2, 0.25) is 0 Å². The van der Waals surface area contributed by atoms with Crippen molar-refractivity contribution in [3.63, 3.8) is 0 Å². The summed E-state index contributed by atoms with van der Waals surface area (Å²) in [6, 6.07) is 0. The lowest BCUT2D eigenvalue weighted by atomic mass is 10.2. The van der Waals surface area contributed by atoms with Gasteiger partial charge in [0.05, 0.1) is 39.6 Å². The van der Waals surface area contributed by atoms with E-state index in [0.29, 0.717) is 39.6 Å². The minimum absolute atomic E-state index is 0.481. The van der Waals surface area contributed by atoms with Gasteiger partial charge in [0.25, 0.3) is 0 Å². The minimum atomic E-state index is -1.39. The highest BCUT2D eigenvalue weighted by atomic mass is 31.2. The predicted molar refractivity (Wildman–Crippen MR) is 130 cm³/mol. The average Bonchev–Trinajstić information content (AvgIpc) is 2.78. The van der Waals surface area contributed by atoms with Crippen LogP contribution in [0.1, 0.15) is 97.8 Å². The molecule has 31 heavy (non-hydrogen) atoms. The fourth-order valence-corrected chi connectivity index (χ4v) is 3.72. The Morgan fingerprint density at radius 3 is 0.968 bits per heavy atom. The summed E-state index contributed by atoms with van der Waals surface area (Å²) in [4.78, 5) is 0. The predicted octanol–water partition coefficient (Wildman–Crippen LogP) is 7.05. The maximum Gasteiger partial charge on any atom is 0.332 e. The number of hydrogen-bond acceptors (Lipinski definition) is 6. The van der Waals surface area contributed by atoms with Gasteiger partial charge in [0.15, 0.2) is 0 Å². The van der Waals surface area contributed by atoms with Crippen LogP contribution < -0.4 is 0 Å². The first kappa shape index (κ1) is 31.2. The molecule has 0 saturated carbocycles. The fourth-order valence-electron chi connectivity index (χ4n) is 2.82. The summed E-state index contributed by atoms with van der Waals surface area (Å²) < 4.78 is 34.2. The maximum absolute atomic E-state index is 5.77. The van der Waals surface area contributed by atoms with Crippen LogP contribution in [0.4, 0.5) is 0 Å². The van der Waals surface area contributed by atoms with Gasteiger partial charge in [-0.25, -0.2) is 0 Å². The summed E-state index contributed by atoms with van der Waals surface area (Å²) in [6.45, 7) is 12.2. The molecular formula is C24H51O6P. The van der Waals surface area contributed by atoms with Crippen LogP contribution in [-0.4, -0.2) is 59.5 Å². The zero-order valence-electron chi connectivity index (χ0n) is 20.7. The molecule has 7 heteroatoms. The maximum atomic E-state index is 5.77. The normalized spacial score (nSPS) is 11.6. The molecular weight excluding hydrogens is 415 g/mol. The van der Waals surface area contributed by atoms with E-state index in [0.717, 1.165) is 39.1 Å². The van der Waals surface area contributed by atoms with Crippen molar-refractivity contribution in [1.82, 2.24) is 0 Å². The third-order valence-electron chi connectivity index (χ3n) is 4.70.